The van der Waals surface area contributed by atoms with Crippen molar-refractivity contribution >= 4 is 55.8 Å². The van der Waals surface area contributed by atoms with E-state index in [-0.39, 0.29) is 0 Å². The van der Waals surface area contributed by atoms with Gasteiger partial charge in [0.05, 0.1) is 23.3 Å². The summed E-state index contributed by atoms with van der Waals surface area (Å²) in [4.78, 5) is 16.1. The summed E-state index contributed by atoms with van der Waals surface area (Å²) in [6.07, 6.45) is 5.16. The molecule has 1 amide bonds. The van der Waals surface area contributed by atoms with Gasteiger partial charge < -0.3 is 9.88 Å². The SMILES string of the molecule is Cc1cc(I)ccc1Nc1cc(-n2ccnc2)c(Br)cc1C(=O)NO. The maximum atomic E-state index is 12.1. The van der Waals surface area contributed by atoms with Crippen LogP contribution in [0, 0.1) is 10.5 Å². The molecule has 3 rings (SSSR count). The number of rotatable bonds is 4. The van der Waals surface area contributed by atoms with Gasteiger partial charge in [-0.3, -0.25) is 10.0 Å². The fourth-order valence-electron chi connectivity index (χ4n) is 2.43. The Kier molecular flexibility index (Phi) is 5.40. The van der Waals surface area contributed by atoms with Crippen molar-refractivity contribution in [3.63, 3.8) is 0 Å². The van der Waals surface area contributed by atoms with Gasteiger partial charge >= 0.3 is 0 Å². The lowest BCUT2D eigenvalue weighted by Crippen LogP contribution is -2.20. The largest absolute Gasteiger partial charge is 0.355 e. The van der Waals surface area contributed by atoms with E-state index in [4.69, 9.17) is 5.21 Å². The summed E-state index contributed by atoms with van der Waals surface area (Å²) in [6.45, 7) is 1.99. The van der Waals surface area contributed by atoms with E-state index in [1.807, 2.05) is 42.0 Å². The molecule has 1 heterocycles. The number of hydrogen-bond donors (Lipinski definition) is 3. The number of aromatic nitrogens is 2. The molecular formula is C17H14BrIN4O2. The average molecular weight is 513 g/mol. The third-order valence-electron chi connectivity index (χ3n) is 3.67. The first kappa shape index (κ1) is 17.9. The number of hydroxylamine groups is 1. The monoisotopic (exact) mass is 512 g/mol. The van der Waals surface area contributed by atoms with Crippen LogP contribution in [-0.4, -0.2) is 20.7 Å². The minimum absolute atomic E-state index is 0.316. The molecule has 0 aliphatic heterocycles. The number of hydrogen-bond acceptors (Lipinski definition) is 4. The Labute approximate surface area is 166 Å². The van der Waals surface area contributed by atoms with E-state index in [1.54, 1.807) is 24.1 Å². The second-order valence-corrected chi connectivity index (χ2v) is 7.44. The molecular weight excluding hydrogens is 499 g/mol. The number of anilines is 2. The number of imidazole rings is 1. The molecule has 0 atom stereocenters. The number of halogens is 2. The standard InChI is InChI=1S/C17H14BrIN4O2/c1-10-6-11(19)2-3-14(10)21-15-8-16(23-5-4-20-9-23)13(18)7-12(15)17(24)22-25/h2-9,21,25H,1H3,(H,22,24). The van der Waals surface area contributed by atoms with Crippen LogP contribution in [-0.2, 0) is 0 Å². The highest BCUT2D eigenvalue weighted by atomic mass is 127. The third-order valence-corrected chi connectivity index (χ3v) is 4.98. The van der Waals surface area contributed by atoms with Gasteiger partial charge in [-0.05, 0) is 81.3 Å². The highest BCUT2D eigenvalue weighted by molar-refractivity contribution is 14.1. The molecule has 0 radical (unpaired) electrons. The molecule has 6 nitrogen and oxygen atoms in total. The summed E-state index contributed by atoms with van der Waals surface area (Å²) in [6, 6.07) is 9.47. The lowest BCUT2D eigenvalue weighted by Gasteiger charge is -2.16. The Morgan fingerprint density at radius 3 is 2.72 bits per heavy atom. The van der Waals surface area contributed by atoms with Crippen LogP contribution in [0.5, 0.6) is 0 Å². The van der Waals surface area contributed by atoms with Crippen LogP contribution in [0.3, 0.4) is 0 Å². The van der Waals surface area contributed by atoms with Crippen molar-refractivity contribution in [1.29, 1.82) is 0 Å². The predicted molar refractivity (Wildman–Crippen MR) is 108 cm³/mol. The van der Waals surface area contributed by atoms with Gasteiger partial charge in [0.1, 0.15) is 0 Å². The second-order valence-electron chi connectivity index (χ2n) is 5.34. The zero-order chi connectivity index (χ0) is 18.0. The molecule has 0 saturated carbocycles. The number of amides is 1. The van der Waals surface area contributed by atoms with E-state index in [0.717, 1.165) is 20.5 Å². The molecule has 0 fully saturated rings. The summed E-state index contributed by atoms with van der Waals surface area (Å²) >= 11 is 5.72. The maximum absolute atomic E-state index is 12.1. The number of nitrogens with zero attached hydrogens (tertiary/aromatic N) is 2. The fourth-order valence-corrected chi connectivity index (χ4v) is 3.62. The van der Waals surface area contributed by atoms with Gasteiger partial charge in [0.15, 0.2) is 0 Å². The molecule has 1 aromatic heterocycles. The van der Waals surface area contributed by atoms with Gasteiger partial charge in [-0.1, -0.05) is 0 Å². The normalized spacial score (nSPS) is 10.6. The number of nitrogens with one attached hydrogen (secondary N) is 2. The first-order valence-electron chi connectivity index (χ1n) is 7.29. The van der Waals surface area contributed by atoms with Crippen molar-refractivity contribution in [2.24, 2.45) is 0 Å². The summed E-state index contributed by atoms with van der Waals surface area (Å²) < 4.78 is 3.66. The van der Waals surface area contributed by atoms with Gasteiger partial charge in [-0.25, -0.2) is 10.5 Å². The van der Waals surface area contributed by atoms with Gasteiger partial charge in [0, 0.05) is 26.1 Å². The molecule has 25 heavy (non-hydrogen) atoms. The highest BCUT2D eigenvalue weighted by Gasteiger charge is 2.16. The van der Waals surface area contributed by atoms with Gasteiger partial charge in [-0.2, -0.15) is 0 Å². The zero-order valence-electron chi connectivity index (χ0n) is 13.1. The summed E-state index contributed by atoms with van der Waals surface area (Å²) in [7, 11) is 0. The lowest BCUT2D eigenvalue weighted by molar-refractivity contribution is 0.0707. The highest BCUT2D eigenvalue weighted by Crippen LogP contribution is 2.31. The van der Waals surface area contributed by atoms with E-state index in [2.05, 4.69) is 48.8 Å². The van der Waals surface area contributed by atoms with E-state index < -0.39 is 5.91 Å². The molecule has 2 aromatic carbocycles. The summed E-state index contributed by atoms with van der Waals surface area (Å²) in [5, 5.41) is 12.3. The smallest absolute Gasteiger partial charge is 0.276 e. The predicted octanol–water partition coefficient (Wildman–Crippen LogP) is 4.41. The molecule has 0 aliphatic rings. The molecule has 0 aliphatic carbocycles. The minimum atomic E-state index is -0.594. The van der Waals surface area contributed by atoms with Crippen LogP contribution < -0.4 is 10.8 Å². The average Bonchev–Trinajstić information content (AvgIpc) is 3.12. The van der Waals surface area contributed by atoms with E-state index in [0.29, 0.717) is 15.7 Å². The Bertz CT molecular complexity index is 929. The molecule has 0 bridgehead atoms. The van der Waals surface area contributed by atoms with Crippen molar-refractivity contribution in [2.75, 3.05) is 5.32 Å². The first-order valence-corrected chi connectivity index (χ1v) is 9.16. The van der Waals surface area contributed by atoms with Crippen molar-refractivity contribution in [1.82, 2.24) is 15.0 Å². The molecule has 3 aromatic rings. The second kappa shape index (κ2) is 7.54. The topological polar surface area (TPSA) is 79.2 Å². The molecule has 128 valence electrons. The van der Waals surface area contributed by atoms with Crippen molar-refractivity contribution in [3.8, 4) is 5.69 Å². The quantitative estimate of drug-likeness (QED) is 0.275. The van der Waals surface area contributed by atoms with Crippen molar-refractivity contribution in [2.45, 2.75) is 6.92 Å². The fraction of sp³-hybridized carbons (Fsp3) is 0.0588. The number of aryl methyl sites for hydroxylation is 1. The van der Waals surface area contributed by atoms with Crippen LogP contribution in [0.15, 0.2) is 53.5 Å². The maximum Gasteiger partial charge on any atom is 0.276 e. The first-order chi connectivity index (χ1) is 12.0. The van der Waals surface area contributed by atoms with Crippen LogP contribution in [0.1, 0.15) is 15.9 Å². The molecule has 0 unspecified atom stereocenters. The minimum Gasteiger partial charge on any atom is -0.355 e. The Morgan fingerprint density at radius 2 is 2.08 bits per heavy atom. The van der Waals surface area contributed by atoms with E-state index >= 15 is 0 Å². The molecule has 8 heteroatoms. The van der Waals surface area contributed by atoms with Crippen LogP contribution in [0.25, 0.3) is 5.69 Å². The number of benzene rings is 2. The Morgan fingerprint density at radius 1 is 1.28 bits per heavy atom. The lowest BCUT2D eigenvalue weighted by atomic mass is 10.1. The Balaban J connectivity index is 2.11. The van der Waals surface area contributed by atoms with E-state index in [9.17, 15) is 4.79 Å². The molecule has 0 spiro atoms. The Hall–Kier alpha value is -1.91. The van der Waals surface area contributed by atoms with Crippen molar-refractivity contribution in [3.05, 3.63) is 68.2 Å². The van der Waals surface area contributed by atoms with Gasteiger partial charge in [0.25, 0.3) is 5.91 Å². The zero-order valence-corrected chi connectivity index (χ0v) is 16.9. The number of carbonyl (C=O) groups excluding carboxylic acids is 1. The van der Waals surface area contributed by atoms with Crippen LogP contribution in [0.2, 0.25) is 0 Å². The van der Waals surface area contributed by atoms with Gasteiger partial charge in [-0.15, -0.1) is 0 Å². The van der Waals surface area contributed by atoms with Crippen molar-refractivity contribution < 1.29 is 10.0 Å². The summed E-state index contributed by atoms with van der Waals surface area (Å²) in [5.41, 5.74) is 5.33. The van der Waals surface area contributed by atoms with Crippen LogP contribution >= 0.6 is 38.5 Å². The third kappa shape index (κ3) is 3.86. The summed E-state index contributed by atoms with van der Waals surface area (Å²) in [5.74, 6) is -0.594. The molecule has 0 saturated heterocycles. The van der Waals surface area contributed by atoms with Crippen LogP contribution in [0.4, 0.5) is 11.4 Å². The molecule has 3 N–H and O–H groups in total. The van der Waals surface area contributed by atoms with E-state index in [1.165, 1.54) is 0 Å². The number of carbonyl (C=O) groups is 1. The van der Waals surface area contributed by atoms with Gasteiger partial charge in [0.2, 0.25) is 0 Å².